The van der Waals surface area contributed by atoms with Crippen molar-refractivity contribution in [2.24, 2.45) is 0 Å². The van der Waals surface area contributed by atoms with Crippen LogP contribution in [0.4, 0.5) is 0 Å². The number of aromatic amines is 1. The van der Waals surface area contributed by atoms with Crippen molar-refractivity contribution in [1.29, 1.82) is 0 Å². The largest absolute Gasteiger partial charge is 0.497 e. The van der Waals surface area contributed by atoms with Crippen LogP contribution in [0.1, 0.15) is 40.7 Å². The number of fused-ring (bicyclic) bond motifs is 1. The summed E-state index contributed by atoms with van der Waals surface area (Å²) in [6.07, 6.45) is 5.28. The minimum absolute atomic E-state index is 0.371. The molecule has 0 radical (unpaired) electrons. The van der Waals surface area contributed by atoms with Crippen molar-refractivity contribution < 1.29 is 4.74 Å². The van der Waals surface area contributed by atoms with Gasteiger partial charge < -0.3 is 10.1 Å². The fourth-order valence-corrected chi connectivity index (χ4v) is 4.48. The van der Waals surface area contributed by atoms with Gasteiger partial charge in [0, 0.05) is 23.0 Å². The molecule has 1 aliphatic rings. The van der Waals surface area contributed by atoms with Gasteiger partial charge in [-0.05, 0) is 56.0 Å². The standard InChI is InChI=1S/C19H22N4OS/c1-12-10-21-23-17(12)11-20-15-4-3-5-16-18(15)25-19(22-16)13-6-8-14(24-2)9-7-13/h6-10,15,20H,3-5,11H2,1-2H3,(H,21,23). The Morgan fingerprint density at radius 2 is 2.16 bits per heavy atom. The first kappa shape index (κ1) is 16.3. The second-order valence-electron chi connectivity index (χ2n) is 6.42. The van der Waals surface area contributed by atoms with E-state index in [2.05, 4.69) is 34.6 Å². The van der Waals surface area contributed by atoms with Gasteiger partial charge in [-0.2, -0.15) is 5.10 Å². The zero-order valence-electron chi connectivity index (χ0n) is 14.5. The number of aryl methyl sites for hydroxylation is 2. The summed E-state index contributed by atoms with van der Waals surface area (Å²) in [5.74, 6) is 0.875. The third-order valence-electron chi connectivity index (χ3n) is 4.75. The molecule has 1 unspecified atom stereocenters. The van der Waals surface area contributed by atoms with Gasteiger partial charge in [0.2, 0.25) is 0 Å². The van der Waals surface area contributed by atoms with E-state index >= 15 is 0 Å². The average Bonchev–Trinajstić information content (AvgIpc) is 3.26. The van der Waals surface area contributed by atoms with Gasteiger partial charge >= 0.3 is 0 Å². The molecule has 0 spiro atoms. The number of thiazole rings is 1. The van der Waals surface area contributed by atoms with Gasteiger partial charge in [0.05, 0.1) is 24.7 Å². The Kier molecular flexibility index (Phi) is 4.55. The van der Waals surface area contributed by atoms with Crippen molar-refractivity contribution in [3.05, 3.63) is 52.3 Å². The van der Waals surface area contributed by atoms with E-state index in [0.29, 0.717) is 6.04 Å². The van der Waals surface area contributed by atoms with Crippen LogP contribution >= 0.6 is 11.3 Å². The Bertz CT molecular complexity index is 853. The molecule has 0 aliphatic heterocycles. The van der Waals surface area contributed by atoms with Gasteiger partial charge in [0.15, 0.2) is 0 Å². The third-order valence-corrected chi connectivity index (χ3v) is 6.01. The van der Waals surface area contributed by atoms with Crippen LogP contribution in [0.2, 0.25) is 0 Å². The van der Waals surface area contributed by atoms with E-state index in [1.165, 1.54) is 22.6 Å². The van der Waals surface area contributed by atoms with Crippen LogP contribution in [0.5, 0.6) is 5.75 Å². The van der Waals surface area contributed by atoms with Gasteiger partial charge in [-0.15, -0.1) is 11.3 Å². The SMILES string of the molecule is COc1ccc(-c2nc3c(s2)C(NCc2[nH]ncc2C)CCC3)cc1. The molecule has 1 aromatic carbocycles. The van der Waals surface area contributed by atoms with Gasteiger partial charge in [-0.25, -0.2) is 4.98 Å². The lowest BCUT2D eigenvalue weighted by Gasteiger charge is -2.22. The minimum atomic E-state index is 0.371. The summed E-state index contributed by atoms with van der Waals surface area (Å²) in [5.41, 5.74) is 4.77. The minimum Gasteiger partial charge on any atom is -0.497 e. The highest BCUT2D eigenvalue weighted by atomic mass is 32.1. The first-order valence-electron chi connectivity index (χ1n) is 8.61. The summed E-state index contributed by atoms with van der Waals surface area (Å²) < 4.78 is 5.25. The molecule has 130 valence electrons. The van der Waals surface area contributed by atoms with Crippen LogP contribution in [0, 0.1) is 6.92 Å². The maximum atomic E-state index is 5.25. The number of ether oxygens (including phenoxy) is 1. The van der Waals surface area contributed by atoms with Gasteiger partial charge in [0.1, 0.15) is 10.8 Å². The number of nitrogens with zero attached hydrogens (tertiary/aromatic N) is 2. The summed E-state index contributed by atoms with van der Waals surface area (Å²) >= 11 is 1.81. The van der Waals surface area contributed by atoms with E-state index in [1.54, 1.807) is 7.11 Å². The molecule has 0 fully saturated rings. The lowest BCUT2D eigenvalue weighted by Crippen LogP contribution is -2.24. The zero-order valence-corrected chi connectivity index (χ0v) is 15.3. The lowest BCUT2D eigenvalue weighted by molar-refractivity contribution is 0.415. The summed E-state index contributed by atoms with van der Waals surface area (Å²) in [4.78, 5) is 6.29. The number of aromatic nitrogens is 3. The molecule has 5 nitrogen and oxygen atoms in total. The smallest absolute Gasteiger partial charge is 0.123 e. The maximum absolute atomic E-state index is 5.25. The molecule has 4 rings (SSSR count). The first-order valence-corrected chi connectivity index (χ1v) is 9.42. The number of nitrogens with one attached hydrogen (secondary N) is 2. The maximum Gasteiger partial charge on any atom is 0.123 e. The van der Waals surface area contributed by atoms with Crippen molar-refractivity contribution in [3.63, 3.8) is 0 Å². The van der Waals surface area contributed by atoms with Crippen molar-refractivity contribution in [2.75, 3.05) is 7.11 Å². The van der Waals surface area contributed by atoms with E-state index in [-0.39, 0.29) is 0 Å². The third kappa shape index (κ3) is 3.32. The monoisotopic (exact) mass is 354 g/mol. The van der Waals surface area contributed by atoms with Crippen LogP contribution in [-0.4, -0.2) is 22.3 Å². The van der Waals surface area contributed by atoms with Gasteiger partial charge in [0.25, 0.3) is 0 Å². The Balaban J connectivity index is 1.54. The number of hydrogen-bond acceptors (Lipinski definition) is 5. The van der Waals surface area contributed by atoms with E-state index in [0.717, 1.165) is 41.4 Å². The number of methoxy groups -OCH3 is 1. The molecule has 3 aromatic rings. The lowest BCUT2D eigenvalue weighted by atomic mass is 9.98. The summed E-state index contributed by atoms with van der Waals surface area (Å²) in [7, 11) is 1.69. The van der Waals surface area contributed by atoms with Crippen molar-refractivity contribution in [1.82, 2.24) is 20.5 Å². The molecule has 2 heterocycles. The Morgan fingerprint density at radius 3 is 2.88 bits per heavy atom. The van der Waals surface area contributed by atoms with Crippen molar-refractivity contribution >= 4 is 11.3 Å². The molecular formula is C19H22N4OS. The Morgan fingerprint density at radius 1 is 1.32 bits per heavy atom. The molecule has 2 aromatic heterocycles. The topological polar surface area (TPSA) is 62.8 Å². The van der Waals surface area contributed by atoms with Crippen LogP contribution in [0.25, 0.3) is 10.6 Å². The highest BCUT2D eigenvalue weighted by Gasteiger charge is 2.25. The molecule has 0 saturated heterocycles. The van der Waals surface area contributed by atoms with Crippen LogP contribution < -0.4 is 10.1 Å². The van der Waals surface area contributed by atoms with Crippen molar-refractivity contribution in [2.45, 2.75) is 38.8 Å². The molecule has 2 N–H and O–H groups in total. The molecule has 25 heavy (non-hydrogen) atoms. The second kappa shape index (κ2) is 6.98. The first-order chi connectivity index (χ1) is 12.2. The van der Waals surface area contributed by atoms with E-state index < -0.39 is 0 Å². The van der Waals surface area contributed by atoms with E-state index in [1.807, 2.05) is 29.7 Å². The predicted octanol–water partition coefficient (Wildman–Crippen LogP) is 4.02. The van der Waals surface area contributed by atoms with E-state index in [9.17, 15) is 0 Å². The Labute approximate surface area is 151 Å². The quantitative estimate of drug-likeness (QED) is 0.726. The molecule has 1 atom stereocenters. The zero-order chi connectivity index (χ0) is 17.2. The highest BCUT2D eigenvalue weighted by Crippen LogP contribution is 2.38. The number of hydrogen-bond donors (Lipinski definition) is 2. The summed E-state index contributed by atoms with van der Waals surface area (Å²) in [5, 5.41) is 12.0. The number of rotatable bonds is 5. The molecule has 0 bridgehead atoms. The van der Waals surface area contributed by atoms with Crippen LogP contribution in [0.3, 0.4) is 0 Å². The number of H-pyrrole nitrogens is 1. The molecule has 1 aliphatic carbocycles. The average molecular weight is 354 g/mol. The number of benzene rings is 1. The fourth-order valence-electron chi connectivity index (χ4n) is 3.25. The van der Waals surface area contributed by atoms with Crippen LogP contribution in [-0.2, 0) is 13.0 Å². The molecule has 6 heteroatoms. The normalized spacial score (nSPS) is 16.6. The van der Waals surface area contributed by atoms with E-state index in [4.69, 9.17) is 9.72 Å². The predicted molar refractivity (Wildman–Crippen MR) is 99.9 cm³/mol. The molecular weight excluding hydrogens is 332 g/mol. The van der Waals surface area contributed by atoms with Crippen LogP contribution in [0.15, 0.2) is 30.5 Å². The second-order valence-corrected chi connectivity index (χ2v) is 7.45. The summed E-state index contributed by atoms with van der Waals surface area (Å²) in [6, 6.07) is 8.52. The Hall–Kier alpha value is -2.18. The summed E-state index contributed by atoms with van der Waals surface area (Å²) in [6.45, 7) is 2.90. The fraction of sp³-hybridized carbons (Fsp3) is 0.368. The molecule has 0 amide bonds. The van der Waals surface area contributed by atoms with Gasteiger partial charge in [-0.1, -0.05) is 0 Å². The molecule has 0 saturated carbocycles. The van der Waals surface area contributed by atoms with Gasteiger partial charge in [-0.3, -0.25) is 5.10 Å². The van der Waals surface area contributed by atoms with Crippen molar-refractivity contribution in [3.8, 4) is 16.3 Å². The highest BCUT2D eigenvalue weighted by molar-refractivity contribution is 7.15.